The Labute approximate surface area is 132 Å². The fourth-order valence-electron chi connectivity index (χ4n) is 2.63. The third-order valence-electron chi connectivity index (χ3n) is 3.76. The number of carboxylic acids is 1. The van der Waals surface area contributed by atoms with Gasteiger partial charge >= 0.3 is 5.97 Å². The van der Waals surface area contributed by atoms with E-state index >= 15 is 0 Å². The first-order valence-electron chi connectivity index (χ1n) is 7.33. The largest absolute Gasteiger partial charge is 0.480 e. The minimum Gasteiger partial charge on any atom is -0.480 e. The van der Waals surface area contributed by atoms with E-state index in [0.29, 0.717) is 24.2 Å². The smallest absolute Gasteiger partial charge is 0.329 e. The van der Waals surface area contributed by atoms with Crippen molar-refractivity contribution in [3.8, 4) is 0 Å². The number of carboxylic acid groups (broad SMARTS) is 1. The van der Waals surface area contributed by atoms with Gasteiger partial charge in [-0.25, -0.2) is 4.79 Å². The molecule has 1 saturated heterocycles. The zero-order valence-electron chi connectivity index (χ0n) is 12.4. The number of hydrogen-bond acceptors (Lipinski definition) is 5. The highest BCUT2D eigenvalue weighted by molar-refractivity contribution is 6.06. The van der Waals surface area contributed by atoms with E-state index in [9.17, 15) is 9.59 Å². The Balaban J connectivity index is 1.71. The van der Waals surface area contributed by atoms with Crippen LogP contribution in [0.5, 0.6) is 0 Å². The molecule has 2 N–H and O–H groups in total. The topological polar surface area (TPSA) is 98.0 Å². The van der Waals surface area contributed by atoms with Crippen LogP contribution in [0.1, 0.15) is 16.8 Å². The van der Waals surface area contributed by atoms with Gasteiger partial charge in [-0.1, -0.05) is 18.2 Å². The maximum absolute atomic E-state index is 12.5. The molecule has 2 heterocycles. The number of aliphatic carboxylic acids is 1. The first-order chi connectivity index (χ1) is 11.1. The normalized spacial score (nSPS) is 21.2. The van der Waals surface area contributed by atoms with E-state index in [1.165, 1.54) is 6.26 Å². The van der Waals surface area contributed by atoms with Crippen LogP contribution in [-0.2, 0) is 14.3 Å². The Bertz CT molecular complexity index is 709. The summed E-state index contributed by atoms with van der Waals surface area (Å²) in [7, 11) is 0. The van der Waals surface area contributed by atoms with Crippen LogP contribution in [0.3, 0.4) is 0 Å². The summed E-state index contributed by atoms with van der Waals surface area (Å²) in [4.78, 5) is 23.1. The molecule has 0 bridgehead atoms. The first-order valence-corrected chi connectivity index (χ1v) is 7.33. The second-order valence-electron chi connectivity index (χ2n) is 5.33. The molecule has 1 aromatic heterocycles. The van der Waals surface area contributed by atoms with Gasteiger partial charge in [-0.3, -0.25) is 4.79 Å². The molecule has 3 rings (SSSR count). The van der Waals surface area contributed by atoms with Gasteiger partial charge in [0.1, 0.15) is 18.5 Å². The predicted octanol–water partition coefficient (Wildman–Crippen LogP) is 1.42. The SMILES string of the molecule is O=C(O)CO[C@@H]1CCOC[C@@H]1NC(=O)c1coc2ccccc12. The summed E-state index contributed by atoms with van der Waals surface area (Å²) in [6.45, 7) is 0.364. The van der Waals surface area contributed by atoms with E-state index in [1.54, 1.807) is 6.07 Å². The van der Waals surface area contributed by atoms with E-state index in [0.717, 1.165) is 5.39 Å². The van der Waals surface area contributed by atoms with E-state index in [1.807, 2.05) is 18.2 Å². The third kappa shape index (κ3) is 3.52. The molecule has 1 aliphatic rings. The van der Waals surface area contributed by atoms with Crippen LogP contribution in [0.2, 0.25) is 0 Å². The highest BCUT2D eigenvalue weighted by Crippen LogP contribution is 2.21. The summed E-state index contributed by atoms with van der Waals surface area (Å²) in [6.07, 6.45) is 1.56. The molecule has 1 aliphatic heterocycles. The monoisotopic (exact) mass is 319 g/mol. The summed E-state index contributed by atoms with van der Waals surface area (Å²) in [5, 5.41) is 12.3. The molecule has 23 heavy (non-hydrogen) atoms. The maximum atomic E-state index is 12.5. The van der Waals surface area contributed by atoms with Crippen molar-refractivity contribution in [1.29, 1.82) is 0 Å². The molecule has 7 heteroatoms. The van der Waals surface area contributed by atoms with E-state index in [-0.39, 0.29) is 18.6 Å². The van der Waals surface area contributed by atoms with Gasteiger partial charge in [-0.15, -0.1) is 0 Å². The Morgan fingerprint density at radius 2 is 2.17 bits per heavy atom. The second-order valence-corrected chi connectivity index (χ2v) is 5.33. The molecular formula is C16H17NO6. The molecule has 0 unspecified atom stereocenters. The molecule has 0 radical (unpaired) electrons. The Kier molecular flexibility index (Phi) is 4.59. The summed E-state index contributed by atoms with van der Waals surface area (Å²) < 4.78 is 16.1. The van der Waals surface area contributed by atoms with Crippen molar-refractivity contribution in [2.75, 3.05) is 19.8 Å². The summed E-state index contributed by atoms with van der Waals surface area (Å²) in [5.74, 6) is -1.34. The lowest BCUT2D eigenvalue weighted by atomic mass is 10.1. The number of benzene rings is 1. The fraction of sp³-hybridized carbons (Fsp3) is 0.375. The number of para-hydroxylation sites is 1. The molecule has 7 nitrogen and oxygen atoms in total. The van der Waals surface area contributed by atoms with Crippen LogP contribution in [-0.4, -0.2) is 48.9 Å². The summed E-state index contributed by atoms with van der Waals surface area (Å²) in [6, 6.07) is 6.86. The van der Waals surface area contributed by atoms with Gasteiger partial charge in [0.25, 0.3) is 5.91 Å². The van der Waals surface area contributed by atoms with Crippen LogP contribution >= 0.6 is 0 Å². The van der Waals surface area contributed by atoms with Crippen LogP contribution < -0.4 is 5.32 Å². The molecule has 2 aromatic rings. The van der Waals surface area contributed by atoms with Gasteiger partial charge in [0.2, 0.25) is 0 Å². The Hall–Kier alpha value is -2.38. The minimum atomic E-state index is -1.04. The zero-order chi connectivity index (χ0) is 16.2. The van der Waals surface area contributed by atoms with Crippen molar-refractivity contribution < 1.29 is 28.6 Å². The number of nitrogens with one attached hydrogen (secondary N) is 1. The van der Waals surface area contributed by atoms with Crippen LogP contribution in [0.15, 0.2) is 34.9 Å². The molecule has 122 valence electrons. The average molecular weight is 319 g/mol. The average Bonchev–Trinajstić information content (AvgIpc) is 2.98. The standard InChI is InChI=1S/C16H17NO6/c18-15(19)9-23-14-5-6-21-8-12(14)17-16(20)11-7-22-13-4-2-1-3-10(11)13/h1-4,7,12,14H,5-6,8-9H2,(H,17,20)(H,18,19)/t12-,14+/m0/s1. The van der Waals surface area contributed by atoms with Gasteiger partial charge in [0.15, 0.2) is 0 Å². The molecule has 1 fully saturated rings. The number of hydrogen-bond donors (Lipinski definition) is 2. The molecule has 1 amide bonds. The number of amides is 1. The number of rotatable bonds is 5. The number of carbonyl (C=O) groups excluding carboxylic acids is 1. The highest BCUT2D eigenvalue weighted by Gasteiger charge is 2.29. The number of fused-ring (bicyclic) bond motifs is 1. The molecule has 2 atom stereocenters. The number of ether oxygens (including phenoxy) is 2. The lowest BCUT2D eigenvalue weighted by Crippen LogP contribution is -2.50. The molecular weight excluding hydrogens is 302 g/mol. The highest BCUT2D eigenvalue weighted by atomic mass is 16.5. The fourth-order valence-corrected chi connectivity index (χ4v) is 2.63. The molecule has 0 aliphatic carbocycles. The lowest BCUT2D eigenvalue weighted by Gasteiger charge is -2.31. The van der Waals surface area contributed by atoms with E-state index < -0.39 is 18.6 Å². The molecule has 0 spiro atoms. The molecule has 1 aromatic carbocycles. The summed E-state index contributed by atoms with van der Waals surface area (Å²) in [5.41, 5.74) is 1.07. The van der Waals surface area contributed by atoms with Crippen molar-refractivity contribution in [2.24, 2.45) is 0 Å². The second kappa shape index (κ2) is 6.80. The maximum Gasteiger partial charge on any atom is 0.329 e. The van der Waals surface area contributed by atoms with Crippen molar-refractivity contribution >= 4 is 22.8 Å². The van der Waals surface area contributed by atoms with E-state index in [2.05, 4.69) is 5.32 Å². The van der Waals surface area contributed by atoms with Crippen molar-refractivity contribution in [2.45, 2.75) is 18.6 Å². The lowest BCUT2D eigenvalue weighted by molar-refractivity contribution is -0.147. The minimum absolute atomic E-state index is 0.284. The van der Waals surface area contributed by atoms with Crippen LogP contribution in [0, 0.1) is 0 Å². The third-order valence-corrected chi connectivity index (χ3v) is 3.76. The predicted molar refractivity (Wildman–Crippen MR) is 80.3 cm³/mol. The van der Waals surface area contributed by atoms with Crippen LogP contribution in [0.4, 0.5) is 0 Å². The quantitative estimate of drug-likeness (QED) is 0.865. The van der Waals surface area contributed by atoms with Gasteiger partial charge < -0.3 is 24.3 Å². The Morgan fingerprint density at radius 1 is 1.35 bits per heavy atom. The van der Waals surface area contributed by atoms with Crippen LogP contribution in [0.25, 0.3) is 11.0 Å². The van der Waals surface area contributed by atoms with Crippen molar-refractivity contribution in [3.05, 3.63) is 36.1 Å². The van der Waals surface area contributed by atoms with Gasteiger partial charge in [0.05, 0.1) is 24.3 Å². The van der Waals surface area contributed by atoms with Gasteiger partial charge in [0, 0.05) is 12.0 Å². The first kappa shape index (κ1) is 15.5. The van der Waals surface area contributed by atoms with E-state index in [4.69, 9.17) is 19.0 Å². The number of furan rings is 1. The number of carbonyl (C=O) groups is 2. The van der Waals surface area contributed by atoms with Gasteiger partial charge in [-0.2, -0.15) is 0 Å². The van der Waals surface area contributed by atoms with Crippen molar-refractivity contribution in [1.82, 2.24) is 5.32 Å². The molecule has 0 saturated carbocycles. The zero-order valence-corrected chi connectivity index (χ0v) is 12.4. The Morgan fingerprint density at radius 3 is 3.00 bits per heavy atom. The summed E-state index contributed by atoms with van der Waals surface area (Å²) >= 11 is 0. The van der Waals surface area contributed by atoms with Crippen molar-refractivity contribution in [3.63, 3.8) is 0 Å². The van der Waals surface area contributed by atoms with Gasteiger partial charge in [-0.05, 0) is 12.5 Å².